The van der Waals surface area contributed by atoms with E-state index < -0.39 is 11.7 Å². The third-order valence-corrected chi connectivity index (χ3v) is 5.83. The summed E-state index contributed by atoms with van der Waals surface area (Å²) in [4.78, 5) is 10.7. The molecule has 2 aromatic heterocycles. The quantitative estimate of drug-likeness (QED) is 0.591. The van der Waals surface area contributed by atoms with Gasteiger partial charge in [-0.15, -0.1) is 11.3 Å². The van der Waals surface area contributed by atoms with Crippen molar-refractivity contribution in [3.8, 4) is 0 Å². The molecule has 0 spiro atoms. The van der Waals surface area contributed by atoms with E-state index in [1.165, 1.54) is 22.8 Å². The molecular weight excluding hydrogens is 371 g/mol. The molecule has 1 N–H and O–H groups in total. The lowest BCUT2D eigenvalue weighted by atomic mass is 9.97. The predicted molar refractivity (Wildman–Crippen MR) is 93.8 cm³/mol. The smallest absolute Gasteiger partial charge is 0.338 e. The molecule has 25 heavy (non-hydrogen) atoms. The molecule has 0 unspecified atom stereocenters. The average Bonchev–Trinajstić information content (AvgIpc) is 2.95. The molecule has 1 aliphatic rings. The van der Waals surface area contributed by atoms with E-state index in [1.54, 1.807) is 11.3 Å². The summed E-state index contributed by atoms with van der Waals surface area (Å²) >= 11 is 7.73. The predicted octanol–water partition coefficient (Wildman–Crippen LogP) is 5.99. The Morgan fingerprint density at radius 1 is 1.12 bits per heavy atom. The first-order chi connectivity index (χ1) is 11.9. The Bertz CT molecular complexity index is 952. The van der Waals surface area contributed by atoms with Crippen LogP contribution in [0.1, 0.15) is 28.8 Å². The third-order valence-electron chi connectivity index (χ3n) is 4.30. The third kappa shape index (κ3) is 3.06. The zero-order chi connectivity index (χ0) is 17.6. The molecule has 0 radical (unpaired) electrons. The molecule has 0 atom stereocenters. The van der Waals surface area contributed by atoms with E-state index in [0.717, 1.165) is 48.0 Å². The summed E-state index contributed by atoms with van der Waals surface area (Å²) in [5, 5.41) is 4.10. The fourth-order valence-corrected chi connectivity index (χ4v) is 4.50. The van der Waals surface area contributed by atoms with Crippen molar-refractivity contribution in [2.75, 3.05) is 5.32 Å². The number of thiophene rings is 1. The number of anilines is 2. The molecule has 0 amide bonds. The van der Waals surface area contributed by atoms with Crippen LogP contribution in [0.25, 0.3) is 10.2 Å². The number of benzene rings is 1. The van der Waals surface area contributed by atoms with Crippen molar-refractivity contribution in [1.29, 1.82) is 0 Å². The summed E-state index contributed by atoms with van der Waals surface area (Å²) in [5.74, 6) is 0.505. The first-order valence-electron chi connectivity index (χ1n) is 7.82. The Kier molecular flexibility index (Phi) is 4.08. The maximum Gasteiger partial charge on any atom is 0.416 e. The molecule has 0 saturated carbocycles. The van der Waals surface area contributed by atoms with Crippen LogP contribution >= 0.6 is 22.9 Å². The first-order valence-corrected chi connectivity index (χ1v) is 9.02. The van der Waals surface area contributed by atoms with Gasteiger partial charge >= 0.3 is 6.18 Å². The van der Waals surface area contributed by atoms with E-state index >= 15 is 0 Å². The Morgan fingerprint density at radius 2 is 1.92 bits per heavy atom. The van der Waals surface area contributed by atoms with E-state index in [4.69, 9.17) is 11.6 Å². The first kappa shape index (κ1) is 16.6. The van der Waals surface area contributed by atoms with E-state index in [-0.39, 0.29) is 10.7 Å². The lowest BCUT2D eigenvalue weighted by molar-refractivity contribution is -0.137. The van der Waals surface area contributed by atoms with Crippen LogP contribution in [0.5, 0.6) is 0 Å². The van der Waals surface area contributed by atoms with Gasteiger partial charge in [0.1, 0.15) is 17.0 Å². The summed E-state index contributed by atoms with van der Waals surface area (Å²) in [7, 11) is 0. The van der Waals surface area contributed by atoms with Crippen LogP contribution in [0.2, 0.25) is 5.02 Å². The van der Waals surface area contributed by atoms with Crippen LogP contribution in [0.4, 0.5) is 24.7 Å². The minimum absolute atomic E-state index is 0.187. The highest BCUT2D eigenvalue weighted by Crippen LogP contribution is 2.40. The van der Waals surface area contributed by atoms with Crippen molar-refractivity contribution in [2.45, 2.75) is 31.9 Å². The summed E-state index contributed by atoms with van der Waals surface area (Å²) in [5.41, 5.74) is 0.641. The van der Waals surface area contributed by atoms with Gasteiger partial charge in [0.15, 0.2) is 0 Å². The maximum absolute atomic E-state index is 13.0. The molecule has 2 heterocycles. The Balaban J connectivity index is 1.80. The number of hydrogen-bond acceptors (Lipinski definition) is 4. The van der Waals surface area contributed by atoms with Crippen molar-refractivity contribution in [3.05, 3.63) is 45.6 Å². The van der Waals surface area contributed by atoms with Crippen molar-refractivity contribution in [1.82, 2.24) is 9.97 Å². The zero-order valence-corrected chi connectivity index (χ0v) is 14.5. The highest BCUT2D eigenvalue weighted by molar-refractivity contribution is 7.19. The lowest BCUT2D eigenvalue weighted by Crippen LogP contribution is -2.06. The molecule has 0 bridgehead atoms. The highest BCUT2D eigenvalue weighted by Gasteiger charge is 2.31. The molecule has 3 aromatic rings. The second-order valence-electron chi connectivity index (χ2n) is 5.93. The van der Waals surface area contributed by atoms with Crippen LogP contribution in [0, 0.1) is 0 Å². The minimum atomic E-state index is -4.43. The number of halogens is 4. The van der Waals surface area contributed by atoms with Gasteiger partial charge in [-0.25, -0.2) is 9.97 Å². The Hall–Kier alpha value is -1.86. The molecule has 130 valence electrons. The standard InChI is InChI=1S/C17H13ClF3N3S/c18-11-6-5-9(17(19,20)21)7-12(11)24-15-14-10-3-1-2-4-13(10)25-16(14)23-8-22-15/h5-8H,1-4H2,(H,22,23,24). The van der Waals surface area contributed by atoms with Crippen molar-refractivity contribution in [2.24, 2.45) is 0 Å². The highest BCUT2D eigenvalue weighted by atomic mass is 35.5. The minimum Gasteiger partial charge on any atom is -0.338 e. The molecule has 8 heteroatoms. The summed E-state index contributed by atoms with van der Waals surface area (Å²) < 4.78 is 38.9. The van der Waals surface area contributed by atoms with Crippen LogP contribution in [0.3, 0.4) is 0 Å². The summed E-state index contributed by atoms with van der Waals surface area (Å²) in [6, 6.07) is 3.22. The van der Waals surface area contributed by atoms with Gasteiger partial charge in [0.25, 0.3) is 0 Å². The average molecular weight is 384 g/mol. The number of aryl methyl sites for hydroxylation is 2. The number of rotatable bonds is 2. The van der Waals surface area contributed by atoms with E-state index in [2.05, 4.69) is 15.3 Å². The van der Waals surface area contributed by atoms with E-state index in [1.807, 2.05) is 0 Å². The molecule has 4 rings (SSSR count). The maximum atomic E-state index is 13.0. The van der Waals surface area contributed by atoms with E-state index in [0.29, 0.717) is 5.82 Å². The van der Waals surface area contributed by atoms with Gasteiger partial charge in [0.05, 0.1) is 21.7 Å². The van der Waals surface area contributed by atoms with Gasteiger partial charge in [0.2, 0.25) is 0 Å². The molecule has 0 saturated heterocycles. The molecule has 0 aliphatic heterocycles. The van der Waals surface area contributed by atoms with Crippen molar-refractivity contribution in [3.63, 3.8) is 0 Å². The van der Waals surface area contributed by atoms with Crippen molar-refractivity contribution < 1.29 is 13.2 Å². The fourth-order valence-electron chi connectivity index (χ4n) is 3.11. The number of nitrogens with zero attached hydrogens (tertiary/aromatic N) is 2. The molecular formula is C17H13ClF3N3S. The number of nitrogens with one attached hydrogen (secondary N) is 1. The molecule has 1 aliphatic carbocycles. The largest absolute Gasteiger partial charge is 0.416 e. The molecule has 1 aromatic carbocycles. The second-order valence-corrected chi connectivity index (χ2v) is 7.42. The van der Waals surface area contributed by atoms with Gasteiger partial charge in [0, 0.05) is 4.88 Å². The number of fused-ring (bicyclic) bond motifs is 3. The number of hydrogen-bond donors (Lipinski definition) is 1. The molecule has 3 nitrogen and oxygen atoms in total. The van der Waals surface area contributed by atoms with Crippen LogP contribution < -0.4 is 5.32 Å². The molecule has 0 fully saturated rings. The Morgan fingerprint density at radius 3 is 2.72 bits per heavy atom. The van der Waals surface area contributed by atoms with Gasteiger partial charge in [-0.05, 0) is 49.4 Å². The number of alkyl halides is 3. The lowest BCUT2D eigenvalue weighted by Gasteiger charge is -2.14. The van der Waals surface area contributed by atoms with Crippen LogP contribution in [-0.4, -0.2) is 9.97 Å². The monoisotopic (exact) mass is 383 g/mol. The Labute approximate surface area is 150 Å². The topological polar surface area (TPSA) is 37.8 Å². The summed E-state index contributed by atoms with van der Waals surface area (Å²) in [6.45, 7) is 0. The van der Waals surface area contributed by atoms with Crippen LogP contribution in [0.15, 0.2) is 24.5 Å². The zero-order valence-electron chi connectivity index (χ0n) is 13.0. The number of aromatic nitrogens is 2. The SMILES string of the molecule is FC(F)(F)c1ccc(Cl)c(Nc2ncnc3sc4c(c23)CCCC4)c1. The van der Waals surface area contributed by atoms with Crippen LogP contribution in [-0.2, 0) is 19.0 Å². The van der Waals surface area contributed by atoms with E-state index in [9.17, 15) is 13.2 Å². The van der Waals surface area contributed by atoms with Gasteiger partial charge in [-0.3, -0.25) is 0 Å². The van der Waals surface area contributed by atoms with Crippen molar-refractivity contribution >= 4 is 44.7 Å². The normalized spacial score (nSPS) is 14.6. The second kappa shape index (κ2) is 6.14. The van der Waals surface area contributed by atoms with Gasteiger partial charge < -0.3 is 5.32 Å². The fraction of sp³-hybridized carbons (Fsp3) is 0.294. The van der Waals surface area contributed by atoms with Gasteiger partial charge in [-0.1, -0.05) is 11.6 Å². The summed E-state index contributed by atoms with van der Waals surface area (Å²) in [6.07, 6.45) is 1.19. The van der Waals surface area contributed by atoms with Gasteiger partial charge in [-0.2, -0.15) is 13.2 Å².